The molecular weight excluding hydrogens is 331 g/mol. The molecule has 2 rings (SSSR count). The average molecular weight is 336 g/mol. The molecule has 1 aromatic carbocycles. The summed E-state index contributed by atoms with van der Waals surface area (Å²) in [7, 11) is 0. The van der Waals surface area contributed by atoms with Crippen LogP contribution in [-0.4, -0.2) is 26.1 Å². The molecule has 2 aromatic rings. The van der Waals surface area contributed by atoms with E-state index in [-0.39, 0.29) is 15.9 Å². The molecular formula is C10H5BrF3N3O2. The second kappa shape index (κ2) is 4.65. The highest BCUT2D eigenvalue weighted by Crippen LogP contribution is 2.33. The van der Waals surface area contributed by atoms with Gasteiger partial charge >= 0.3 is 12.1 Å². The lowest BCUT2D eigenvalue weighted by atomic mass is 10.2. The Hall–Kier alpha value is -1.90. The van der Waals surface area contributed by atoms with Crippen LogP contribution in [0, 0.1) is 0 Å². The summed E-state index contributed by atoms with van der Waals surface area (Å²) in [6.45, 7) is 0. The Morgan fingerprint density at radius 1 is 1.37 bits per heavy atom. The third-order valence-electron chi connectivity index (χ3n) is 2.27. The number of halogens is 4. The third-order valence-corrected chi connectivity index (χ3v) is 2.94. The largest absolute Gasteiger partial charge is 0.476 e. The quantitative estimate of drug-likeness (QED) is 0.916. The van der Waals surface area contributed by atoms with Crippen LogP contribution in [0.15, 0.2) is 28.9 Å². The highest BCUT2D eigenvalue weighted by atomic mass is 79.9. The van der Waals surface area contributed by atoms with E-state index in [4.69, 9.17) is 5.11 Å². The standard InChI is InChI=1S/C10H5BrF3N3O2/c11-6-2-1-5(10(12,13)14)3-7(6)17-8(9(18)19)4-15-16-17/h1-4H,(H,18,19). The molecule has 0 unspecified atom stereocenters. The van der Waals surface area contributed by atoms with Crippen LogP contribution < -0.4 is 0 Å². The van der Waals surface area contributed by atoms with Gasteiger partial charge in [-0.15, -0.1) is 5.10 Å². The van der Waals surface area contributed by atoms with Gasteiger partial charge in [0.1, 0.15) is 0 Å². The predicted octanol–water partition coefficient (Wildman–Crippen LogP) is 2.75. The molecule has 0 saturated heterocycles. The van der Waals surface area contributed by atoms with Gasteiger partial charge in [0, 0.05) is 4.47 Å². The van der Waals surface area contributed by atoms with Crippen molar-refractivity contribution < 1.29 is 23.1 Å². The van der Waals surface area contributed by atoms with Crippen LogP contribution in [0.5, 0.6) is 0 Å². The van der Waals surface area contributed by atoms with Crippen molar-refractivity contribution in [1.82, 2.24) is 15.0 Å². The fourth-order valence-electron chi connectivity index (χ4n) is 1.41. The van der Waals surface area contributed by atoms with Gasteiger partial charge in [0.2, 0.25) is 0 Å². The second-order valence-corrected chi connectivity index (χ2v) is 4.35. The summed E-state index contributed by atoms with van der Waals surface area (Å²) in [6.07, 6.45) is -3.57. The maximum Gasteiger partial charge on any atom is 0.416 e. The molecule has 9 heteroatoms. The van der Waals surface area contributed by atoms with E-state index in [1.54, 1.807) is 0 Å². The topological polar surface area (TPSA) is 68.0 Å². The normalized spacial score (nSPS) is 11.6. The van der Waals surface area contributed by atoms with E-state index in [0.29, 0.717) is 0 Å². The first kappa shape index (κ1) is 13.5. The van der Waals surface area contributed by atoms with Gasteiger partial charge < -0.3 is 5.11 Å². The Morgan fingerprint density at radius 3 is 2.63 bits per heavy atom. The number of nitrogens with zero attached hydrogens (tertiary/aromatic N) is 3. The molecule has 1 N–H and O–H groups in total. The number of alkyl halides is 3. The Kier molecular flexibility index (Phi) is 3.31. The zero-order chi connectivity index (χ0) is 14.2. The third kappa shape index (κ3) is 2.60. The molecule has 0 aliphatic heterocycles. The minimum absolute atomic E-state index is 0.0512. The van der Waals surface area contributed by atoms with E-state index in [9.17, 15) is 18.0 Å². The van der Waals surface area contributed by atoms with Gasteiger partial charge in [0.15, 0.2) is 5.69 Å². The number of aromatic carboxylic acids is 1. The van der Waals surface area contributed by atoms with Crippen LogP contribution in [0.4, 0.5) is 13.2 Å². The summed E-state index contributed by atoms with van der Waals surface area (Å²) in [5, 5.41) is 15.8. The van der Waals surface area contributed by atoms with Crippen LogP contribution in [0.1, 0.15) is 16.1 Å². The molecule has 0 amide bonds. The van der Waals surface area contributed by atoms with E-state index >= 15 is 0 Å². The first-order valence-electron chi connectivity index (χ1n) is 4.82. The first-order chi connectivity index (χ1) is 8.80. The summed E-state index contributed by atoms with van der Waals surface area (Å²) in [5.74, 6) is -1.34. The lowest BCUT2D eigenvalue weighted by molar-refractivity contribution is -0.137. The summed E-state index contributed by atoms with van der Waals surface area (Å²) < 4.78 is 39.0. The van der Waals surface area contributed by atoms with Gasteiger partial charge in [-0.2, -0.15) is 13.2 Å². The number of rotatable bonds is 2. The van der Waals surface area contributed by atoms with Crippen molar-refractivity contribution in [3.05, 3.63) is 40.1 Å². The van der Waals surface area contributed by atoms with Gasteiger partial charge in [-0.05, 0) is 34.1 Å². The second-order valence-electron chi connectivity index (χ2n) is 3.50. The summed E-state index contributed by atoms with van der Waals surface area (Å²) in [4.78, 5) is 10.9. The fourth-order valence-corrected chi connectivity index (χ4v) is 1.82. The summed E-state index contributed by atoms with van der Waals surface area (Å²) in [6, 6.07) is 2.85. The van der Waals surface area contributed by atoms with E-state index < -0.39 is 17.7 Å². The molecule has 0 fully saturated rings. The predicted molar refractivity (Wildman–Crippen MR) is 61.0 cm³/mol. The zero-order valence-corrected chi connectivity index (χ0v) is 10.6. The summed E-state index contributed by atoms with van der Waals surface area (Å²) in [5.41, 5.74) is -1.29. The maximum absolute atomic E-state index is 12.6. The lowest BCUT2D eigenvalue weighted by Crippen LogP contribution is -2.11. The Balaban J connectivity index is 2.62. The molecule has 1 heterocycles. The van der Waals surface area contributed by atoms with Crippen LogP contribution in [-0.2, 0) is 6.18 Å². The van der Waals surface area contributed by atoms with E-state index in [2.05, 4.69) is 26.2 Å². The Morgan fingerprint density at radius 2 is 2.05 bits per heavy atom. The number of benzene rings is 1. The zero-order valence-electron chi connectivity index (χ0n) is 9.02. The van der Waals surface area contributed by atoms with Gasteiger partial charge in [-0.25, -0.2) is 9.48 Å². The maximum atomic E-state index is 12.6. The SMILES string of the molecule is O=C(O)c1cnnn1-c1cc(C(F)(F)F)ccc1Br. The van der Waals surface area contributed by atoms with Gasteiger partial charge in [-0.1, -0.05) is 5.21 Å². The van der Waals surface area contributed by atoms with Crippen molar-refractivity contribution in [2.24, 2.45) is 0 Å². The fraction of sp³-hybridized carbons (Fsp3) is 0.100. The molecule has 0 aliphatic carbocycles. The molecule has 0 saturated carbocycles. The molecule has 5 nitrogen and oxygen atoms in total. The van der Waals surface area contributed by atoms with Crippen LogP contribution in [0.25, 0.3) is 5.69 Å². The Labute approximate surface area is 112 Å². The average Bonchev–Trinajstić information content (AvgIpc) is 2.76. The van der Waals surface area contributed by atoms with Crippen molar-refractivity contribution in [3.8, 4) is 5.69 Å². The van der Waals surface area contributed by atoms with Crippen molar-refractivity contribution in [3.63, 3.8) is 0 Å². The van der Waals surface area contributed by atoms with E-state index in [0.717, 1.165) is 23.0 Å². The Bertz CT molecular complexity index is 639. The number of carboxylic acids is 1. The minimum Gasteiger partial charge on any atom is -0.476 e. The summed E-state index contributed by atoms with van der Waals surface area (Å²) >= 11 is 3.05. The number of carbonyl (C=O) groups is 1. The number of hydrogen-bond donors (Lipinski definition) is 1. The number of carboxylic acid groups (broad SMARTS) is 1. The first-order valence-corrected chi connectivity index (χ1v) is 5.61. The smallest absolute Gasteiger partial charge is 0.416 e. The van der Waals surface area contributed by atoms with Gasteiger partial charge in [0.05, 0.1) is 17.4 Å². The molecule has 0 bridgehead atoms. The monoisotopic (exact) mass is 335 g/mol. The molecule has 100 valence electrons. The number of aromatic nitrogens is 3. The highest BCUT2D eigenvalue weighted by molar-refractivity contribution is 9.10. The molecule has 0 spiro atoms. The van der Waals surface area contributed by atoms with Crippen LogP contribution in [0.2, 0.25) is 0 Å². The van der Waals surface area contributed by atoms with Crippen molar-refractivity contribution in [2.75, 3.05) is 0 Å². The molecule has 0 aliphatic rings. The lowest BCUT2D eigenvalue weighted by Gasteiger charge is -2.11. The van der Waals surface area contributed by atoms with Gasteiger partial charge in [0.25, 0.3) is 0 Å². The van der Waals surface area contributed by atoms with Crippen molar-refractivity contribution in [2.45, 2.75) is 6.18 Å². The van der Waals surface area contributed by atoms with Gasteiger partial charge in [-0.3, -0.25) is 0 Å². The molecule has 19 heavy (non-hydrogen) atoms. The van der Waals surface area contributed by atoms with Crippen LogP contribution >= 0.6 is 15.9 Å². The molecule has 0 atom stereocenters. The molecule has 1 aromatic heterocycles. The molecule has 0 radical (unpaired) electrons. The van der Waals surface area contributed by atoms with Crippen molar-refractivity contribution in [1.29, 1.82) is 0 Å². The highest BCUT2D eigenvalue weighted by Gasteiger charge is 2.31. The van der Waals surface area contributed by atoms with Crippen molar-refractivity contribution >= 4 is 21.9 Å². The minimum atomic E-state index is -4.53. The van der Waals surface area contributed by atoms with Crippen LogP contribution in [0.3, 0.4) is 0 Å². The number of hydrogen-bond acceptors (Lipinski definition) is 3. The van der Waals surface area contributed by atoms with E-state index in [1.807, 2.05) is 0 Å². The van der Waals surface area contributed by atoms with E-state index in [1.165, 1.54) is 6.07 Å².